The Labute approximate surface area is 120 Å². The van der Waals surface area contributed by atoms with Crippen molar-refractivity contribution in [1.82, 2.24) is 0 Å². The summed E-state index contributed by atoms with van der Waals surface area (Å²) in [5, 5.41) is 9.28. The van der Waals surface area contributed by atoms with E-state index in [2.05, 4.69) is 0 Å². The lowest BCUT2D eigenvalue weighted by molar-refractivity contribution is -0.142. The Morgan fingerprint density at radius 3 is 2.30 bits per heavy atom. The Morgan fingerprint density at radius 1 is 1.25 bits per heavy atom. The molecular formula is C16H24O4. The highest BCUT2D eigenvalue weighted by Crippen LogP contribution is 2.18. The van der Waals surface area contributed by atoms with Crippen molar-refractivity contribution in [1.29, 1.82) is 0 Å². The van der Waals surface area contributed by atoms with Crippen LogP contribution >= 0.6 is 0 Å². The third kappa shape index (κ3) is 6.06. The Hall–Kier alpha value is -1.55. The summed E-state index contributed by atoms with van der Waals surface area (Å²) in [4.78, 5) is 11.3. The molecule has 1 N–H and O–H groups in total. The van der Waals surface area contributed by atoms with E-state index in [0.717, 1.165) is 11.3 Å². The molecule has 1 unspecified atom stereocenters. The minimum atomic E-state index is -0.779. The molecule has 1 aromatic carbocycles. The molecule has 0 spiro atoms. The monoisotopic (exact) mass is 280 g/mol. The predicted molar refractivity (Wildman–Crippen MR) is 78.1 cm³/mol. The van der Waals surface area contributed by atoms with Crippen molar-refractivity contribution in [2.24, 2.45) is 5.92 Å². The van der Waals surface area contributed by atoms with Crippen molar-refractivity contribution in [2.75, 3.05) is 13.7 Å². The van der Waals surface area contributed by atoms with Gasteiger partial charge in [-0.3, -0.25) is 4.79 Å². The summed E-state index contributed by atoms with van der Waals surface area (Å²) in [6.45, 7) is 6.35. The minimum Gasteiger partial charge on any atom is -0.497 e. The van der Waals surface area contributed by atoms with E-state index in [0.29, 0.717) is 19.4 Å². The Bertz CT molecular complexity index is 417. The Kier molecular flexibility index (Phi) is 6.02. The minimum absolute atomic E-state index is 0.233. The van der Waals surface area contributed by atoms with Gasteiger partial charge in [0.1, 0.15) is 5.75 Å². The summed E-state index contributed by atoms with van der Waals surface area (Å²) in [5.41, 5.74) is 0.761. The lowest BCUT2D eigenvalue weighted by atomic mass is 9.96. The van der Waals surface area contributed by atoms with Gasteiger partial charge in [-0.1, -0.05) is 12.1 Å². The second-order valence-electron chi connectivity index (χ2n) is 5.84. The lowest BCUT2D eigenvalue weighted by Crippen LogP contribution is -2.24. The van der Waals surface area contributed by atoms with Crippen LogP contribution in [0.1, 0.15) is 32.8 Å². The van der Waals surface area contributed by atoms with Gasteiger partial charge in [0.15, 0.2) is 0 Å². The summed E-state index contributed by atoms with van der Waals surface area (Å²) in [5.74, 6) is -0.430. The van der Waals surface area contributed by atoms with Gasteiger partial charge in [-0.2, -0.15) is 0 Å². The molecule has 0 saturated carbocycles. The van der Waals surface area contributed by atoms with Crippen LogP contribution in [-0.4, -0.2) is 30.4 Å². The molecule has 20 heavy (non-hydrogen) atoms. The molecule has 112 valence electrons. The quantitative estimate of drug-likeness (QED) is 0.833. The van der Waals surface area contributed by atoms with Crippen molar-refractivity contribution in [2.45, 2.75) is 39.2 Å². The maximum absolute atomic E-state index is 11.3. The van der Waals surface area contributed by atoms with E-state index in [1.165, 1.54) is 0 Å². The lowest BCUT2D eigenvalue weighted by Gasteiger charge is -2.21. The number of carboxylic acids is 1. The largest absolute Gasteiger partial charge is 0.497 e. The molecule has 4 nitrogen and oxygen atoms in total. The summed E-state index contributed by atoms with van der Waals surface area (Å²) in [6, 6.07) is 7.50. The van der Waals surface area contributed by atoms with Crippen LogP contribution < -0.4 is 4.74 Å². The van der Waals surface area contributed by atoms with Gasteiger partial charge in [0.25, 0.3) is 0 Å². The molecule has 1 aromatic rings. The molecule has 0 amide bonds. The molecule has 0 saturated heterocycles. The number of rotatable bonds is 7. The molecule has 0 aromatic heterocycles. The van der Waals surface area contributed by atoms with Crippen LogP contribution in [-0.2, 0) is 16.0 Å². The van der Waals surface area contributed by atoms with E-state index >= 15 is 0 Å². The van der Waals surface area contributed by atoms with Gasteiger partial charge in [0.05, 0.1) is 18.6 Å². The summed E-state index contributed by atoms with van der Waals surface area (Å²) >= 11 is 0. The molecule has 1 rings (SSSR count). The zero-order valence-electron chi connectivity index (χ0n) is 12.7. The van der Waals surface area contributed by atoms with Crippen molar-refractivity contribution >= 4 is 5.97 Å². The van der Waals surface area contributed by atoms with E-state index in [9.17, 15) is 9.90 Å². The van der Waals surface area contributed by atoms with Gasteiger partial charge >= 0.3 is 5.97 Å². The van der Waals surface area contributed by atoms with Gasteiger partial charge in [-0.05, 0) is 51.3 Å². The first-order valence-corrected chi connectivity index (χ1v) is 6.81. The first-order valence-electron chi connectivity index (χ1n) is 6.81. The van der Waals surface area contributed by atoms with Crippen LogP contribution in [0.25, 0.3) is 0 Å². The summed E-state index contributed by atoms with van der Waals surface area (Å²) in [6.07, 6.45) is 1.02. The number of carboxylic acid groups (broad SMARTS) is 1. The average Bonchev–Trinajstić information content (AvgIpc) is 2.37. The third-order valence-corrected chi connectivity index (χ3v) is 2.99. The van der Waals surface area contributed by atoms with Crippen LogP contribution in [0, 0.1) is 5.92 Å². The molecule has 0 aliphatic heterocycles. The number of carbonyl (C=O) groups is 1. The van der Waals surface area contributed by atoms with Crippen LogP contribution in [0.15, 0.2) is 24.3 Å². The number of hydrogen-bond donors (Lipinski definition) is 1. The molecule has 0 fully saturated rings. The standard InChI is InChI=1S/C16H24O4/c1-16(2,3)20-10-9-13(15(17)18)11-12-5-7-14(19-4)8-6-12/h5-8,13H,9-11H2,1-4H3,(H,17,18). The van der Waals surface area contributed by atoms with Gasteiger partial charge < -0.3 is 14.6 Å². The van der Waals surface area contributed by atoms with Gasteiger partial charge in [-0.25, -0.2) is 0 Å². The maximum Gasteiger partial charge on any atom is 0.306 e. The zero-order chi connectivity index (χ0) is 15.2. The van der Waals surface area contributed by atoms with E-state index in [1.807, 2.05) is 45.0 Å². The molecule has 0 bridgehead atoms. The summed E-state index contributed by atoms with van der Waals surface area (Å²) < 4.78 is 10.7. The summed E-state index contributed by atoms with van der Waals surface area (Å²) in [7, 11) is 1.61. The molecule has 1 atom stereocenters. The first-order chi connectivity index (χ1) is 9.31. The fourth-order valence-electron chi connectivity index (χ4n) is 1.87. The first kappa shape index (κ1) is 16.5. The van der Waals surface area contributed by atoms with E-state index in [4.69, 9.17) is 9.47 Å². The smallest absolute Gasteiger partial charge is 0.306 e. The van der Waals surface area contributed by atoms with Crippen LogP contribution in [0.3, 0.4) is 0 Å². The average molecular weight is 280 g/mol. The topological polar surface area (TPSA) is 55.8 Å². The van der Waals surface area contributed by atoms with E-state index in [1.54, 1.807) is 7.11 Å². The van der Waals surface area contributed by atoms with E-state index < -0.39 is 11.9 Å². The number of methoxy groups -OCH3 is 1. The predicted octanol–water partition coefficient (Wildman–Crippen LogP) is 3.14. The molecule has 0 aliphatic rings. The number of hydrogen-bond acceptors (Lipinski definition) is 3. The normalized spacial score (nSPS) is 13.0. The van der Waals surface area contributed by atoms with Crippen LogP contribution in [0.4, 0.5) is 0 Å². The number of aliphatic carboxylic acids is 1. The molecule has 4 heteroatoms. The van der Waals surface area contributed by atoms with Crippen molar-refractivity contribution in [3.63, 3.8) is 0 Å². The molecular weight excluding hydrogens is 256 g/mol. The SMILES string of the molecule is COc1ccc(CC(CCOC(C)(C)C)C(=O)O)cc1. The number of benzene rings is 1. The van der Waals surface area contributed by atoms with Crippen molar-refractivity contribution in [3.8, 4) is 5.75 Å². The molecule has 0 heterocycles. The van der Waals surface area contributed by atoms with Gasteiger partial charge in [0.2, 0.25) is 0 Å². The van der Waals surface area contributed by atoms with E-state index in [-0.39, 0.29) is 5.60 Å². The number of ether oxygens (including phenoxy) is 2. The van der Waals surface area contributed by atoms with Crippen molar-refractivity contribution < 1.29 is 19.4 Å². The Morgan fingerprint density at radius 2 is 1.85 bits per heavy atom. The van der Waals surface area contributed by atoms with Crippen molar-refractivity contribution in [3.05, 3.63) is 29.8 Å². The third-order valence-electron chi connectivity index (χ3n) is 2.99. The molecule has 0 radical (unpaired) electrons. The second kappa shape index (κ2) is 7.29. The second-order valence-corrected chi connectivity index (χ2v) is 5.84. The highest BCUT2D eigenvalue weighted by atomic mass is 16.5. The highest BCUT2D eigenvalue weighted by Gasteiger charge is 2.19. The highest BCUT2D eigenvalue weighted by molar-refractivity contribution is 5.70. The van der Waals surface area contributed by atoms with Crippen LogP contribution in [0.5, 0.6) is 5.75 Å². The van der Waals surface area contributed by atoms with Gasteiger partial charge in [0, 0.05) is 6.61 Å². The maximum atomic E-state index is 11.3. The van der Waals surface area contributed by atoms with Crippen LogP contribution in [0.2, 0.25) is 0 Å². The fraction of sp³-hybridized carbons (Fsp3) is 0.562. The molecule has 0 aliphatic carbocycles. The van der Waals surface area contributed by atoms with Gasteiger partial charge in [-0.15, -0.1) is 0 Å². The Balaban J connectivity index is 2.55. The zero-order valence-corrected chi connectivity index (χ0v) is 12.7. The fourth-order valence-corrected chi connectivity index (χ4v) is 1.87.